The van der Waals surface area contributed by atoms with Crippen LogP contribution in [-0.2, 0) is 4.74 Å². The number of aryl methyl sites for hydroxylation is 2. The SMILES string of the molecule is Cc1cccc(C)c1-n1c(=O)cc(N2CCN(C(=O)OC(C)(C)C)CC2)c2cc(F)c(-c3c(O)cccc3F)cc21. The van der Waals surface area contributed by atoms with E-state index in [1.54, 1.807) is 4.90 Å². The summed E-state index contributed by atoms with van der Waals surface area (Å²) in [5.74, 6) is -1.92. The fourth-order valence-corrected chi connectivity index (χ4v) is 5.41. The van der Waals surface area contributed by atoms with Crippen LogP contribution in [0.5, 0.6) is 5.75 Å². The molecule has 9 heteroatoms. The highest BCUT2D eigenvalue weighted by Crippen LogP contribution is 2.38. The summed E-state index contributed by atoms with van der Waals surface area (Å²) >= 11 is 0. The molecule has 1 fully saturated rings. The Morgan fingerprint density at radius 1 is 0.902 bits per heavy atom. The molecule has 1 aliphatic heterocycles. The van der Waals surface area contributed by atoms with Gasteiger partial charge in [-0.25, -0.2) is 13.6 Å². The van der Waals surface area contributed by atoms with Gasteiger partial charge in [-0.3, -0.25) is 9.36 Å². The van der Waals surface area contributed by atoms with Crippen molar-refractivity contribution in [1.29, 1.82) is 0 Å². The molecule has 1 N–H and O–H groups in total. The maximum absolute atomic E-state index is 15.8. The van der Waals surface area contributed by atoms with Gasteiger partial charge in [0.05, 0.1) is 22.5 Å². The molecule has 0 aliphatic carbocycles. The van der Waals surface area contributed by atoms with Crippen LogP contribution < -0.4 is 10.5 Å². The van der Waals surface area contributed by atoms with Gasteiger partial charge in [-0.15, -0.1) is 0 Å². The summed E-state index contributed by atoms with van der Waals surface area (Å²) in [7, 11) is 0. The number of benzene rings is 3. The first-order chi connectivity index (χ1) is 19.4. The molecule has 1 aromatic heterocycles. The summed E-state index contributed by atoms with van der Waals surface area (Å²) in [5, 5.41) is 10.9. The minimum Gasteiger partial charge on any atom is -0.507 e. The van der Waals surface area contributed by atoms with Gasteiger partial charge in [0.1, 0.15) is 23.0 Å². The van der Waals surface area contributed by atoms with Gasteiger partial charge >= 0.3 is 6.09 Å². The Hall–Kier alpha value is -4.40. The van der Waals surface area contributed by atoms with E-state index < -0.39 is 29.1 Å². The first-order valence-corrected chi connectivity index (χ1v) is 13.5. The number of anilines is 1. The Morgan fingerprint density at radius 2 is 1.54 bits per heavy atom. The van der Waals surface area contributed by atoms with E-state index in [0.29, 0.717) is 48.5 Å². The van der Waals surface area contributed by atoms with Crippen molar-refractivity contribution in [2.24, 2.45) is 0 Å². The molecule has 0 radical (unpaired) electrons. The van der Waals surface area contributed by atoms with E-state index in [0.717, 1.165) is 17.2 Å². The number of hydrogen-bond donors (Lipinski definition) is 1. The molecule has 0 saturated carbocycles. The maximum Gasteiger partial charge on any atom is 0.410 e. The summed E-state index contributed by atoms with van der Waals surface area (Å²) in [5.41, 5.74) is 1.83. The summed E-state index contributed by atoms with van der Waals surface area (Å²) in [6.45, 7) is 10.7. The summed E-state index contributed by atoms with van der Waals surface area (Å²) in [6.07, 6.45) is -0.409. The third kappa shape index (κ3) is 5.36. The zero-order valence-electron chi connectivity index (χ0n) is 23.8. The number of rotatable bonds is 3. The first-order valence-electron chi connectivity index (χ1n) is 13.5. The van der Waals surface area contributed by atoms with E-state index in [2.05, 4.69) is 0 Å². The van der Waals surface area contributed by atoms with Crippen molar-refractivity contribution in [3.63, 3.8) is 0 Å². The Labute approximate surface area is 237 Å². The van der Waals surface area contributed by atoms with Gasteiger partial charge in [0, 0.05) is 43.2 Å². The van der Waals surface area contributed by atoms with Gasteiger partial charge < -0.3 is 19.6 Å². The number of carbonyl (C=O) groups excluding carboxylic acids is 1. The molecule has 1 amide bonds. The van der Waals surface area contributed by atoms with Crippen LogP contribution >= 0.6 is 0 Å². The minimum absolute atomic E-state index is 0.153. The van der Waals surface area contributed by atoms with Crippen LogP contribution in [0.1, 0.15) is 31.9 Å². The van der Waals surface area contributed by atoms with Crippen LogP contribution in [0.15, 0.2) is 59.4 Å². The molecule has 0 spiro atoms. The van der Waals surface area contributed by atoms with Crippen LogP contribution in [0, 0.1) is 25.5 Å². The van der Waals surface area contributed by atoms with E-state index in [1.807, 2.05) is 57.7 Å². The molecule has 0 bridgehead atoms. The second kappa shape index (κ2) is 10.5. The van der Waals surface area contributed by atoms with E-state index in [-0.39, 0.29) is 16.7 Å². The fraction of sp³-hybridized carbons (Fsp3) is 0.312. The number of aromatic hydroxyl groups is 1. The van der Waals surface area contributed by atoms with Gasteiger partial charge in [0.2, 0.25) is 0 Å². The third-order valence-corrected chi connectivity index (χ3v) is 7.28. The molecule has 1 saturated heterocycles. The maximum atomic E-state index is 15.8. The van der Waals surface area contributed by atoms with Crippen LogP contribution in [0.25, 0.3) is 27.7 Å². The lowest BCUT2D eigenvalue weighted by Gasteiger charge is -2.37. The van der Waals surface area contributed by atoms with E-state index in [1.165, 1.54) is 34.9 Å². The summed E-state index contributed by atoms with van der Waals surface area (Å²) < 4.78 is 37.7. The van der Waals surface area contributed by atoms with E-state index in [4.69, 9.17) is 4.74 Å². The first kappa shape index (κ1) is 28.1. The molecule has 41 heavy (non-hydrogen) atoms. The Bertz CT molecular complexity index is 1680. The van der Waals surface area contributed by atoms with E-state index >= 15 is 4.39 Å². The van der Waals surface area contributed by atoms with Crippen molar-refractivity contribution in [1.82, 2.24) is 9.47 Å². The predicted octanol–water partition coefficient (Wildman–Crippen LogP) is 6.32. The zero-order valence-corrected chi connectivity index (χ0v) is 23.8. The number of para-hydroxylation sites is 1. The number of aromatic nitrogens is 1. The third-order valence-electron chi connectivity index (χ3n) is 7.28. The number of phenolic OH excluding ortho intramolecular Hbond substituents is 1. The number of fused-ring (bicyclic) bond motifs is 1. The average Bonchev–Trinajstić information content (AvgIpc) is 2.89. The van der Waals surface area contributed by atoms with Crippen LogP contribution in [0.2, 0.25) is 0 Å². The van der Waals surface area contributed by atoms with Crippen molar-refractivity contribution in [2.45, 2.75) is 40.2 Å². The molecule has 0 atom stereocenters. The lowest BCUT2D eigenvalue weighted by molar-refractivity contribution is 0.0240. The van der Waals surface area contributed by atoms with Crippen molar-refractivity contribution in [2.75, 3.05) is 31.1 Å². The molecule has 2 heterocycles. The monoisotopic (exact) mass is 561 g/mol. The Balaban J connectivity index is 1.68. The summed E-state index contributed by atoms with van der Waals surface area (Å²) in [4.78, 5) is 30.0. The molecule has 3 aromatic carbocycles. The van der Waals surface area contributed by atoms with E-state index in [9.17, 15) is 19.1 Å². The highest BCUT2D eigenvalue weighted by atomic mass is 19.1. The molecule has 0 unspecified atom stereocenters. The topological polar surface area (TPSA) is 75.0 Å². The number of pyridine rings is 1. The number of halogens is 2. The van der Waals surface area contributed by atoms with Crippen LogP contribution in [-0.4, -0.2) is 52.4 Å². The normalized spacial score (nSPS) is 14.0. The molecule has 4 aromatic rings. The molecular weight excluding hydrogens is 528 g/mol. The lowest BCUT2D eigenvalue weighted by Crippen LogP contribution is -2.50. The number of hydrogen-bond acceptors (Lipinski definition) is 5. The highest BCUT2D eigenvalue weighted by Gasteiger charge is 2.28. The van der Waals surface area contributed by atoms with Crippen LogP contribution in [0.3, 0.4) is 0 Å². The Morgan fingerprint density at radius 3 is 2.15 bits per heavy atom. The second-order valence-electron chi connectivity index (χ2n) is 11.4. The highest BCUT2D eigenvalue weighted by molar-refractivity contribution is 5.96. The average molecular weight is 562 g/mol. The van der Waals surface area contributed by atoms with Gasteiger partial charge in [-0.2, -0.15) is 0 Å². The summed E-state index contributed by atoms with van der Waals surface area (Å²) in [6, 6.07) is 13.6. The number of ether oxygens (including phenoxy) is 1. The molecule has 1 aliphatic rings. The number of piperazine rings is 1. The molecular formula is C32H33F2N3O4. The Kier molecular flexibility index (Phi) is 7.23. The molecule has 5 rings (SSSR count). The fourth-order valence-electron chi connectivity index (χ4n) is 5.41. The number of nitrogens with zero attached hydrogens (tertiary/aromatic N) is 3. The predicted molar refractivity (Wildman–Crippen MR) is 156 cm³/mol. The molecule has 214 valence electrons. The second-order valence-corrected chi connectivity index (χ2v) is 11.4. The minimum atomic E-state index is -0.779. The van der Waals surface area contributed by atoms with Gasteiger partial charge in [0.25, 0.3) is 5.56 Å². The van der Waals surface area contributed by atoms with Crippen molar-refractivity contribution >= 4 is 22.7 Å². The quantitative estimate of drug-likeness (QED) is 0.317. The van der Waals surface area contributed by atoms with Gasteiger partial charge in [-0.05, 0) is 70.0 Å². The number of amides is 1. The van der Waals surface area contributed by atoms with Crippen molar-refractivity contribution in [3.05, 3.63) is 87.7 Å². The zero-order chi connectivity index (χ0) is 29.6. The smallest absolute Gasteiger partial charge is 0.410 e. The lowest BCUT2D eigenvalue weighted by atomic mass is 9.99. The van der Waals surface area contributed by atoms with Crippen molar-refractivity contribution in [3.8, 4) is 22.6 Å². The van der Waals surface area contributed by atoms with Crippen LogP contribution in [0.4, 0.5) is 19.3 Å². The largest absolute Gasteiger partial charge is 0.507 e. The van der Waals surface area contributed by atoms with Gasteiger partial charge in [-0.1, -0.05) is 24.3 Å². The van der Waals surface area contributed by atoms with Crippen molar-refractivity contribution < 1.29 is 23.4 Å². The van der Waals surface area contributed by atoms with Gasteiger partial charge in [0.15, 0.2) is 0 Å². The number of carbonyl (C=O) groups is 1. The standard InChI is InChI=1S/C32H33F2N3O4/c1-19-8-6-9-20(2)30(19)37-26-17-21(29-23(33)10-7-11-27(29)38)24(34)16-22(26)25(18-28(37)39)35-12-14-36(15-13-35)31(40)41-32(3,4)5/h6-11,16-18,38H,12-15H2,1-5H3. The number of phenols is 1. The molecule has 7 nitrogen and oxygen atoms in total.